The zero-order valence-corrected chi connectivity index (χ0v) is 14.9. The van der Waals surface area contributed by atoms with Crippen molar-refractivity contribution in [3.05, 3.63) is 57.0 Å². The molecular weight excluding hydrogens is 312 g/mol. The highest BCUT2D eigenvalue weighted by Gasteiger charge is 2.24. The lowest BCUT2D eigenvalue weighted by Crippen LogP contribution is -2.36. The highest BCUT2D eigenvalue weighted by atomic mass is 16.1. The predicted octanol–water partition coefficient (Wildman–Crippen LogP) is 3.08. The Morgan fingerprint density at radius 2 is 2.12 bits per heavy atom. The molecule has 132 valence electrons. The molecule has 0 bridgehead atoms. The molecule has 0 spiro atoms. The summed E-state index contributed by atoms with van der Waals surface area (Å²) in [4.78, 5) is 27.4. The second-order valence-electron chi connectivity index (χ2n) is 7.44. The van der Waals surface area contributed by atoms with Crippen LogP contribution in [0.2, 0.25) is 0 Å². The summed E-state index contributed by atoms with van der Waals surface area (Å²) in [5, 5.41) is 0. The first-order valence-corrected chi connectivity index (χ1v) is 9.45. The third kappa shape index (κ3) is 3.52. The highest BCUT2D eigenvalue weighted by molar-refractivity contribution is 5.23. The number of H-pyrrole nitrogens is 1. The van der Waals surface area contributed by atoms with Crippen molar-refractivity contribution in [2.45, 2.75) is 64.5 Å². The number of nitrogens with zero attached hydrogens (tertiary/aromatic N) is 3. The van der Waals surface area contributed by atoms with Crippen LogP contribution in [0.1, 0.15) is 66.4 Å². The van der Waals surface area contributed by atoms with Gasteiger partial charge in [-0.25, -0.2) is 4.98 Å². The summed E-state index contributed by atoms with van der Waals surface area (Å²) in [5.74, 6) is 1.35. The first kappa shape index (κ1) is 16.5. The van der Waals surface area contributed by atoms with E-state index in [1.165, 1.54) is 24.8 Å². The quantitative estimate of drug-likeness (QED) is 0.934. The van der Waals surface area contributed by atoms with Crippen molar-refractivity contribution in [3.63, 3.8) is 0 Å². The summed E-state index contributed by atoms with van der Waals surface area (Å²) in [6, 6.07) is 4.08. The SMILES string of the molecule is Cc1cccnc1CN1CCc2c(nc(C3CCCCC3)[nH]c2=O)C1. The van der Waals surface area contributed by atoms with Gasteiger partial charge in [-0.15, -0.1) is 0 Å². The molecule has 0 radical (unpaired) electrons. The minimum atomic E-state index is 0.0826. The summed E-state index contributed by atoms with van der Waals surface area (Å²) >= 11 is 0. The topological polar surface area (TPSA) is 61.9 Å². The number of rotatable bonds is 3. The number of hydrogen-bond acceptors (Lipinski definition) is 4. The molecule has 0 unspecified atom stereocenters. The Labute approximate surface area is 148 Å². The van der Waals surface area contributed by atoms with E-state index in [9.17, 15) is 4.79 Å². The molecule has 2 aliphatic rings. The number of aromatic amines is 1. The van der Waals surface area contributed by atoms with Crippen LogP contribution < -0.4 is 5.56 Å². The number of fused-ring (bicyclic) bond motifs is 1. The Kier molecular flexibility index (Phi) is 4.66. The monoisotopic (exact) mass is 338 g/mol. The molecule has 1 N–H and O–H groups in total. The van der Waals surface area contributed by atoms with Crippen LogP contribution in [0.25, 0.3) is 0 Å². The summed E-state index contributed by atoms with van der Waals surface area (Å²) in [5.41, 5.74) is 4.27. The maximum Gasteiger partial charge on any atom is 0.254 e. The average molecular weight is 338 g/mol. The maximum absolute atomic E-state index is 12.5. The molecule has 25 heavy (non-hydrogen) atoms. The molecule has 0 saturated heterocycles. The van der Waals surface area contributed by atoms with Crippen LogP contribution in [-0.2, 0) is 19.5 Å². The normalized spacial score (nSPS) is 18.9. The predicted molar refractivity (Wildman–Crippen MR) is 97.5 cm³/mol. The summed E-state index contributed by atoms with van der Waals surface area (Å²) in [7, 11) is 0. The fourth-order valence-electron chi connectivity index (χ4n) is 4.11. The van der Waals surface area contributed by atoms with Crippen molar-refractivity contribution in [3.8, 4) is 0 Å². The van der Waals surface area contributed by atoms with Gasteiger partial charge in [-0.3, -0.25) is 14.7 Å². The summed E-state index contributed by atoms with van der Waals surface area (Å²) in [6.45, 7) is 4.55. The van der Waals surface area contributed by atoms with Crippen molar-refractivity contribution in [1.29, 1.82) is 0 Å². The summed E-state index contributed by atoms with van der Waals surface area (Å²) < 4.78 is 0. The van der Waals surface area contributed by atoms with E-state index in [0.29, 0.717) is 5.92 Å². The van der Waals surface area contributed by atoms with Crippen molar-refractivity contribution in [2.24, 2.45) is 0 Å². The van der Waals surface area contributed by atoms with Gasteiger partial charge in [0.15, 0.2) is 0 Å². The molecule has 1 fully saturated rings. The van der Waals surface area contributed by atoms with Crippen LogP contribution in [0.3, 0.4) is 0 Å². The zero-order valence-electron chi connectivity index (χ0n) is 14.9. The van der Waals surface area contributed by atoms with E-state index in [1.807, 2.05) is 12.3 Å². The van der Waals surface area contributed by atoms with Crippen LogP contribution in [-0.4, -0.2) is 26.4 Å². The minimum Gasteiger partial charge on any atom is -0.310 e. The molecule has 0 atom stereocenters. The van der Waals surface area contributed by atoms with Crippen LogP contribution >= 0.6 is 0 Å². The number of aryl methyl sites for hydroxylation is 1. The minimum absolute atomic E-state index is 0.0826. The Morgan fingerprint density at radius 1 is 1.28 bits per heavy atom. The molecule has 1 saturated carbocycles. The van der Waals surface area contributed by atoms with Gasteiger partial charge in [-0.2, -0.15) is 0 Å². The van der Waals surface area contributed by atoms with Gasteiger partial charge in [0.2, 0.25) is 0 Å². The van der Waals surface area contributed by atoms with Gasteiger partial charge in [-0.1, -0.05) is 25.3 Å². The molecule has 1 aliphatic heterocycles. The van der Waals surface area contributed by atoms with Gasteiger partial charge in [0, 0.05) is 37.3 Å². The molecule has 0 aromatic carbocycles. The summed E-state index contributed by atoms with van der Waals surface area (Å²) in [6.07, 6.45) is 8.73. The molecule has 5 heteroatoms. The lowest BCUT2D eigenvalue weighted by atomic mass is 9.88. The van der Waals surface area contributed by atoms with Crippen LogP contribution in [0.5, 0.6) is 0 Å². The van der Waals surface area contributed by atoms with Crippen LogP contribution in [0.15, 0.2) is 23.1 Å². The fraction of sp³-hybridized carbons (Fsp3) is 0.550. The van der Waals surface area contributed by atoms with E-state index >= 15 is 0 Å². The smallest absolute Gasteiger partial charge is 0.254 e. The van der Waals surface area contributed by atoms with E-state index in [0.717, 1.165) is 61.7 Å². The number of nitrogens with one attached hydrogen (secondary N) is 1. The number of aromatic nitrogens is 3. The molecular formula is C20H26N4O. The van der Waals surface area contributed by atoms with Crippen molar-refractivity contribution in [2.75, 3.05) is 6.54 Å². The first-order valence-electron chi connectivity index (χ1n) is 9.45. The standard InChI is InChI=1S/C20H26N4O/c1-14-6-5-10-21-17(14)12-24-11-9-16-18(13-24)22-19(23-20(16)25)15-7-3-2-4-8-15/h5-6,10,15H,2-4,7-9,11-13H2,1H3,(H,22,23,25). The number of hydrogen-bond donors (Lipinski definition) is 1. The molecule has 0 amide bonds. The highest BCUT2D eigenvalue weighted by Crippen LogP contribution is 2.30. The molecule has 5 nitrogen and oxygen atoms in total. The Bertz CT molecular complexity index is 808. The third-order valence-electron chi connectivity index (χ3n) is 5.65. The van der Waals surface area contributed by atoms with Crippen molar-refractivity contribution >= 4 is 0 Å². The number of pyridine rings is 1. The van der Waals surface area contributed by atoms with Crippen molar-refractivity contribution < 1.29 is 0 Å². The van der Waals surface area contributed by atoms with E-state index in [2.05, 4.69) is 27.9 Å². The van der Waals surface area contributed by atoms with Gasteiger partial charge in [0.05, 0.1) is 11.4 Å². The lowest BCUT2D eigenvalue weighted by Gasteiger charge is -2.29. The lowest BCUT2D eigenvalue weighted by molar-refractivity contribution is 0.236. The van der Waals surface area contributed by atoms with Gasteiger partial charge in [-0.05, 0) is 37.8 Å². The molecule has 4 rings (SSSR count). The van der Waals surface area contributed by atoms with Crippen LogP contribution in [0, 0.1) is 6.92 Å². The van der Waals surface area contributed by atoms with E-state index in [4.69, 9.17) is 4.98 Å². The Balaban J connectivity index is 1.56. The third-order valence-corrected chi connectivity index (χ3v) is 5.65. The molecule has 2 aromatic rings. The van der Waals surface area contributed by atoms with E-state index < -0.39 is 0 Å². The molecule has 2 aromatic heterocycles. The van der Waals surface area contributed by atoms with Crippen LogP contribution in [0.4, 0.5) is 0 Å². The van der Waals surface area contributed by atoms with Gasteiger partial charge in [0.1, 0.15) is 5.82 Å². The average Bonchev–Trinajstić information content (AvgIpc) is 2.64. The van der Waals surface area contributed by atoms with E-state index in [-0.39, 0.29) is 5.56 Å². The maximum atomic E-state index is 12.5. The first-order chi connectivity index (χ1) is 12.2. The van der Waals surface area contributed by atoms with E-state index in [1.54, 1.807) is 0 Å². The van der Waals surface area contributed by atoms with Crippen molar-refractivity contribution in [1.82, 2.24) is 19.9 Å². The Hall–Kier alpha value is -2.01. The second kappa shape index (κ2) is 7.08. The van der Waals surface area contributed by atoms with Gasteiger partial charge in [0.25, 0.3) is 5.56 Å². The Morgan fingerprint density at radius 3 is 2.92 bits per heavy atom. The largest absolute Gasteiger partial charge is 0.310 e. The molecule has 1 aliphatic carbocycles. The zero-order chi connectivity index (χ0) is 17.2. The fourth-order valence-corrected chi connectivity index (χ4v) is 4.11. The second-order valence-corrected chi connectivity index (χ2v) is 7.44. The molecule has 3 heterocycles. The van der Waals surface area contributed by atoms with Gasteiger partial charge < -0.3 is 4.98 Å². The van der Waals surface area contributed by atoms with Gasteiger partial charge >= 0.3 is 0 Å².